The number of amides is 5. The predicted octanol–water partition coefficient (Wildman–Crippen LogP) is 4.23. The summed E-state index contributed by atoms with van der Waals surface area (Å²) in [4.78, 5) is 54.0. The Morgan fingerprint density at radius 2 is 1.68 bits per heavy atom. The lowest BCUT2D eigenvalue weighted by Gasteiger charge is -2.27. The van der Waals surface area contributed by atoms with E-state index in [1.54, 1.807) is 68.6 Å². The van der Waals surface area contributed by atoms with Gasteiger partial charge in [-0.3, -0.25) is 19.3 Å². The molecule has 2 atom stereocenters. The zero-order valence-electron chi connectivity index (χ0n) is 21.3. The molecule has 0 aliphatic carbocycles. The number of hydrogen-bond acceptors (Lipinski definition) is 4. The number of nitrogens with zero attached hydrogens (tertiary/aromatic N) is 2. The highest BCUT2D eigenvalue weighted by atomic mass is 16.2. The Balaban J connectivity index is 1.44. The van der Waals surface area contributed by atoms with Crippen LogP contribution >= 0.6 is 0 Å². The van der Waals surface area contributed by atoms with Crippen molar-refractivity contribution in [1.82, 2.24) is 15.1 Å². The van der Waals surface area contributed by atoms with E-state index < -0.39 is 17.5 Å². The molecule has 0 spiro atoms. The summed E-state index contributed by atoms with van der Waals surface area (Å²) < 4.78 is 0. The Morgan fingerprint density at radius 1 is 1.00 bits per heavy atom. The van der Waals surface area contributed by atoms with Gasteiger partial charge in [0.1, 0.15) is 12.1 Å². The Labute approximate surface area is 216 Å². The van der Waals surface area contributed by atoms with Gasteiger partial charge in [-0.25, -0.2) is 4.79 Å². The zero-order valence-corrected chi connectivity index (χ0v) is 21.3. The van der Waals surface area contributed by atoms with Crippen molar-refractivity contribution in [2.45, 2.75) is 32.4 Å². The van der Waals surface area contributed by atoms with Crippen molar-refractivity contribution >= 4 is 29.4 Å². The molecule has 0 aromatic heterocycles. The minimum Gasteiger partial charge on any atom is -0.337 e. The van der Waals surface area contributed by atoms with E-state index in [0.29, 0.717) is 16.8 Å². The SMILES string of the molecule is Cc1ccc(C2(C)NC(=O)N(CC(=O)N(C)C(C)c3cccc(NC(=O)c4ccccc4)c3)C2=O)cc1. The van der Waals surface area contributed by atoms with Gasteiger partial charge in [0.15, 0.2) is 0 Å². The summed E-state index contributed by atoms with van der Waals surface area (Å²) in [6, 6.07) is 22.5. The van der Waals surface area contributed by atoms with Crippen molar-refractivity contribution in [2.75, 3.05) is 18.9 Å². The third-order valence-corrected chi connectivity index (χ3v) is 6.83. The van der Waals surface area contributed by atoms with Crippen molar-refractivity contribution in [1.29, 1.82) is 0 Å². The van der Waals surface area contributed by atoms with Gasteiger partial charge >= 0.3 is 6.03 Å². The summed E-state index contributed by atoms with van der Waals surface area (Å²) >= 11 is 0. The Hall–Kier alpha value is -4.46. The summed E-state index contributed by atoms with van der Waals surface area (Å²) in [7, 11) is 1.62. The van der Waals surface area contributed by atoms with Gasteiger partial charge in [0.25, 0.3) is 11.8 Å². The van der Waals surface area contributed by atoms with Crippen LogP contribution in [0.25, 0.3) is 0 Å². The second kappa shape index (κ2) is 10.3. The number of hydrogen-bond donors (Lipinski definition) is 2. The minimum absolute atomic E-state index is 0.231. The first-order valence-corrected chi connectivity index (χ1v) is 12.0. The molecule has 1 aliphatic heterocycles. The molecule has 2 N–H and O–H groups in total. The van der Waals surface area contributed by atoms with Crippen molar-refractivity contribution in [2.24, 2.45) is 0 Å². The second-order valence-electron chi connectivity index (χ2n) is 9.44. The molecule has 2 unspecified atom stereocenters. The van der Waals surface area contributed by atoms with Crippen LogP contribution in [-0.2, 0) is 15.1 Å². The second-order valence-corrected chi connectivity index (χ2v) is 9.44. The fourth-order valence-corrected chi connectivity index (χ4v) is 4.28. The van der Waals surface area contributed by atoms with Gasteiger partial charge < -0.3 is 15.5 Å². The lowest BCUT2D eigenvalue weighted by molar-refractivity contribution is -0.139. The van der Waals surface area contributed by atoms with E-state index in [4.69, 9.17) is 0 Å². The molecule has 3 aromatic carbocycles. The molecule has 1 aliphatic rings. The molecule has 1 heterocycles. The highest BCUT2D eigenvalue weighted by Gasteiger charge is 2.49. The van der Waals surface area contributed by atoms with Gasteiger partial charge in [0.2, 0.25) is 5.91 Å². The maximum Gasteiger partial charge on any atom is 0.325 e. The Bertz CT molecular complexity index is 1340. The first-order chi connectivity index (χ1) is 17.6. The van der Waals surface area contributed by atoms with Gasteiger partial charge in [-0.1, -0.05) is 60.2 Å². The van der Waals surface area contributed by atoms with Gasteiger partial charge in [0.05, 0.1) is 6.04 Å². The summed E-state index contributed by atoms with van der Waals surface area (Å²) in [6.45, 7) is 5.05. The highest BCUT2D eigenvalue weighted by molar-refractivity contribution is 6.09. The number of likely N-dealkylation sites (N-methyl/N-ethyl adjacent to an activating group) is 1. The van der Waals surface area contributed by atoms with Crippen LogP contribution in [0.15, 0.2) is 78.9 Å². The molecule has 1 fully saturated rings. The van der Waals surface area contributed by atoms with Crippen LogP contribution in [0.5, 0.6) is 0 Å². The fraction of sp³-hybridized carbons (Fsp3) is 0.241. The molecule has 8 heteroatoms. The van der Waals surface area contributed by atoms with Crippen LogP contribution < -0.4 is 10.6 Å². The van der Waals surface area contributed by atoms with Crippen molar-refractivity contribution in [3.63, 3.8) is 0 Å². The summed E-state index contributed by atoms with van der Waals surface area (Å²) in [5.74, 6) is -1.09. The van der Waals surface area contributed by atoms with Gasteiger partial charge in [-0.05, 0) is 56.2 Å². The maximum absolute atomic E-state index is 13.2. The smallest absolute Gasteiger partial charge is 0.325 e. The number of nitrogens with one attached hydrogen (secondary N) is 2. The Kier molecular flexibility index (Phi) is 7.11. The lowest BCUT2D eigenvalue weighted by atomic mass is 9.91. The average molecular weight is 499 g/mol. The van der Waals surface area contributed by atoms with E-state index in [1.807, 2.05) is 38.1 Å². The Morgan fingerprint density at radius 3 is 2.35 bits per heavy atom. The van der Waals surface area contributed by atoms with Crippen LogP contribution in [0.1, 0.15) is 46.9 Å². The van der Waals surface area contributed by atoms with Crippen molar-refractivity contribution in [3.8, 4) is 0 Å². The van der Waals surface area contributed by atoms with E-state index >= 15 is 0 Å². The van der Waals surface area contributed by atoms with Crippen LogP contribution in [0.2, 0.25) is 0 Å². The molecular weight excluding hydrogens is 468 g/mol. The summed E-state index contributed by atoms with van der Waals surface area (Å²) in [5.41, 5.74) is 2.39. The largest absolute Gasteiger partial charge is 0.337 e. The van der Waals surface area contributed by atoms with E-state index in [2.05, 4.69) is 10.6 Å². The molecule has 5 amide bonds. The molecular formula is C29H30N4O4. The standard InChI is InChI=1S/C29H30N4O4/c1-19-13-15-23(16-14-19)29(3)27(36)33(28(37)31-29)18-25(34)32(4)20(2)22-11-8-12-24(17-22)30-26(35)21-9-6-5-7-10-21/h5-17,20H,18H2,1-4H3,(H,30,35)(H,31,37). The number of urea groups is 1. The number of carbonyl (C=O) groups is 4. The zero-order chi connectivity index (χ0) is 26.7. The lowest BCUT2D eigenvalue weighted by Crippen LogP contribution is -2.44. The number of aryl methyl sites for hydroxylation is 1. The molecule has 8 nitrogen and oxygen atoms in total. The quantitative estimate of drug-likeness (QED) is 0.476. The third-order valence-electron chi connectivity index (χ3n) is 6.83. The number of benzene rings is 3. The molecule has 0 radical (unpaired) electrons. The van der Waals surface area contributed by atoms with Crippen LogP contribution in [0, 0.1) is 6.92 Å². The van der Waals surface area contributed by atoms with Gasteiger partial charge in [0, 0.05) is 18.3 Å². The first-order valence-electron chi connectivity index (χ1n) is 12.0. The molecule has 3 aromatic rings. The van der Waals surface area contributed by atoms with Crippen molar-refractivity contribution in [3.05, 3.63) is 101 Å². The summed E-state index contributed by atoms with van der Waals surface area (Å²) in [6.07, 6.45) is 0. The topological polar surface area (TPSA) is 98.8 Å². The molecule has 37 heavy (non-hydrogen) atoms. The van der Waals surface area contributed by atoms with Crippen molar-refractivity contribution < 1.29 is 19.2 Å². The molecule has 190 valence electrons. The molecule has 0 bridgehead atoms. The highest BCUT2D eigenvalue weighted by Crippen LogP contribution is 2.29. The van der Waals surface area contributed by atoms with Crippen LogP contribution in [0.4, 0.5) is 10.5 Å². The molecule has 4 rings (SSSR count). The number of carbonyl (C=O) groups excluding carboxylic acids is 4. The van der Waals surface area contributed by atoms with E-state index in [9.17, 15) is 19.2 Å². The van der Waals surface area contributed by atoms with Gasteiger partial charge in [-0.15, -0.1) is 0 Å². The number of imide groups is 1. The van der Waals surface area contributed by atoms with E-state index in [0.717, 1.165) is 16.0 Å². The van der Waals surface area contributed by atoms with Gasteiger partial charge in [-0.2, -0.15) is 0 Å². The van der Waals surface area contributed by atoms with E-state index in [-0.39, 0.29) is 24.4 Å². The number of anilines is 1. The molecule has 1 saturated heterocycles. The van der Waals surface area contributed by atoms with Crippen LogP contribution in [-0.4, -0.2) is 47.1 Å². The maximum atomic E-state index is 13.2. The van der Waals surface area contributed by atoms with E-state index in [1.165, 1.54) is 4.90 Å². The third kappa shape index (κ3) is 5.23. The fourth-order valence-electron chi connectivity index (χ4n) is 4.28. The number of rotatable bonds is 7. The summed E-state index contributed by atoms with van der Waals surface area (Å²) in [5, 5.41) is 5.61. The predicted molar refractivity (Wildman–Crippen MR) is 141 cm³/mol. The monoisotopic (exact) mass is 498 g/mol. The van der Waals surface area contributed by atoms with Crippen LogP contribution in [0.3, 0.4) is 0 Å². The molecule has 0 saturated carbocycles. The normalized spacial score (nSPS) is 17.8. The average Bonchev–Trinajstić information content (AvgIpc) is 3.12. The minimum atomic E-state index is -1.24. The first kappa shape index (κ1) is 25.6.